The van der Waals surface area contributed by atoms with Crippen molar-refractivity contribution in [1.29, 1.82) is 0 Å². The first-order chi connectivity index (χ1) is 12.7. The van der Waals surface area contributed by atoms with Crippen molar-refractivity contribution in [2.75, 3.05) is 18.4 Å². The standard InChI is InChI=1S/C21H25FN2O2.ClH/c22-20-4-2-1-3-17(20)15-26-19-8-6-18(7-9-19)24-21(25)10-5-16-11-13-23-14-12-16;/h1-4,6-9,16,23H,5,10-15H2,(H,24,25);1H. The zero-order chi connectivity index (χ0) is 18.2. The molecule has 0 aliphatic carbocycles. The van der Waals surface area contributed by atoms with Gasteiger partial charge in [-0.1, -0.05) is 18.2 Å². The zero-order valence-corrected chi connectivity index (χ0v) is 16.1. The fourth-order valence-electron chi connectivity index (χ4n) is 3.14. The first-order valence-corrected chi connectivity index (χ1v) is 9.17. The second-order valence-electron chi connectivity index (χ2n) is 6.68. The van der Waals surface area contributed by atoms with E-state index in [-0.39, 0.29) is 30.7 Å². The van der Waals surface area contributed by atoms with Gasteiger partial charge >= 0.3 is 0 Å². The van der Waals surface area contributed by atoms with E-state index in [4.69, 9.17) is 4.74 Å². The van der Waals surface area contributed by atoms with E-state index in [9.17, 15) is 9.18 Å². The topological polar surface area (TPSA) is 50.4 Å². The van der Waals surface area contributed by atoms with Crippen LogP contribution in [0, 0.1) is 11.7 Å². The lowest BCUT2D eigenvalue weighted by Gasteiger charge is -2.22. The van der Waals surface area contributed by atoms with Crippen LogP contribution in [0.25, 0.3) is 0 Å². The highest BCUT2D eigenvalue weighted by molar-refractivity contribution is 5.90. The van der Waals surface area contributed by atoms with Crippen molar-refractivity contribution in [2.24, 2.45) is 5.92 Å². The summed E-state index contributed by atoms with van der Waals surface area (Å²) < 4.78 is 19.2. The summed E-state index contributed by atoms with van der Waals surface area (Å²) in [7, 11) is 0. The molecule has 0 spiro atoms. The van der Waals surface area contributed by atoms with Crippen LogP contribution in [0.5, 0.6) is 5.75 Å². The highest BCUT2D eigenvalue weighted by Crippen LogP contribution is 2.20. The molecular formula is C21H26ClFN2O2. The van der Waals surface area contributed by atoms with Crippen LogP contribution in [0.4, 0.5) is 10.1 Å². The summed E-state index contributed by atoms with van der Waals surface area (Å²) in [6, 6.07) is 13.7. The smallest absolute Gasteiger partial charge is 0.224 e. The van der Waals surface area contributed by atoms with Crippen LogP contribution in [0.2, 0.25) is 0 Å². The van der Waals surface area contributed by atoms with Gasteiger partial charge in [0.25, 0.3) is 0 Å². The van der Waals surface area contributed by atoms with Crippen molar-refractivity contribution in [2.45, 2.75) is 32.3 Å². The number of carbonyl (C=O) groups is 1. The molecule has 0 unspecified atom stereocenters. The SMILES string of the molecule is Cl.O=C(CCC1CCNCC1)Nc1ccc(OCc2ccccc2F)cc1. The van der Waals surface area contributed by atoms with E-state index in [0.29, 0.717) is 23.7 Å². The van der Waals surface area contributed by atoms with Gasteiger partial charge in [-0.3, -0.25) is 4.79 Å². The van der Waals surface area contributed by atoms with Gasteiger partial charge in [-0.2, -0.15) is 0 Å². The molecule has 2 aromatic carbocycles. The van der Waals surface area contributed by atoms with E-state index >= 15 is 0 Å². The molecule has 2 N–H and O–H groups in total. The molecular weight excluding hydrogens is 367 g/mol. The minimum atomic E-state index is -0.273. The third-order valence-corrected chi connectivity index (χ3v) is 4.73. The molecule has 0 saturated carbocycles. The van der Waals surface area contributed by atoms with Crippen LogP contribution in [-0.4, -0.2) is 19.0 Å². The average Bonchev–Trinajstić information content (AvgIpc) is 2.68. The van der Waals surface area contributed by atoms with Gasteiger partial charge in [0.05, 0.1) is 0 Å². The normalized spacial score (nSPS) is 14.3. The van der Waals surface area contributed by atoms with Crippen LogP contribution in [0.3, 0.4) is 0 Å². The quantitative estimate of drug-likeness (QED) is 0.727. The summed E-state index contributed by atoms with van der Waals surface area (Å²) in [5.41, 5.74) is 1.27. The molecule has 1 saturated heterocycles. The molecule has 4 nitrogen and oxygen atoms in total. The number of carbonyl (C=O) groups excluding carboxylic acids is 1. The van der Waals surface area contributed by atoms with Crippen LogP contribution in [0.15, 0.2) is 48.5 Å². The first-order valence-electron chi connectivity index (χ1n) is 9.17. The van der Waals surface area contributed by atoms with Crippen LogP contribution in [0.1, 0.15) is 31.2 Å². The summed E-state index contributed by atoms with van der Waals surface area (Å²) >= 11 is 0. The molecule has 1 aliphatic heterocycles. The Labute approximate surface area is 165 Å². The third kappa shape index (κ3) is 6.85. The Bertz CT molecular complexity index is 718. The van der Waals surface area contributed by atoms with Crippen molar-refractivity contribution >= 4 is 24.0 Å². The van der Waals surface area contributed by atoms with Crippen LogP contribution >= 0.6 is 12.4 Å². The van der Waals surface area contributed by atoms with Gasteiger partial charge in [0, 0.05) is 17.7 Å². The Morgan fingerprint density at radius 2 is 1.81 bits per heavy atom. The van der Waals surface area contributed by atoms with E-state index in [1.54, 1.807) is 42.5 Å². The average molecular weight is 393 g/mol. The van der Waals surface area contributed by atoms with E-state index < -0.39 is 0 Å². The fourth-order valence-corrected chi connectivity index (χ4v) is 3.14. The van der Waals surface area contributed by atoms with Crippen molar-refractivity contribution in [1.82, 2.24) is 5.32 Å². The number of rotatable bonds is 7. The van der Waals surface area contributed by atoms with Gasteiger partial charge in [-0.05, 0) is 68.6 Å². The molecule has 0 radical (unpaired) electrons. The van der Waals surface area contributed by atoms with E-state index in [1.165, 1.54) is 6.07 Å². The number of benzene rings is 2. The maximum absolute atomic E-state index is 13.6. The lowest BCUT2D eigenvalue weighted by molar-refractivity contribution is -0.116. The number of hydrogen-bond acceptors (Lipinski definition) is 3. The van der Waals surface area contributed by atoms with Crippen molar-refractivity contribution in [3.05, 3.63) is 59.9 Å². The highest BCUT2D eigenvalue weighted by Gasteiger charge is 2.14. The molecule has 1 aliphatic rings. The van der Waals surface area contributed by atoms with Crippen molar-refractivity contribution in [3.8, 4) is 5.75 Å². The number of anilines is 1. The van der Waals surface area contributed by atoms with Crippen LogP contribution < -0.4 is 15.4 Å². The Balaban J connectivity index is 0.00000261. The van der Waals surface area contributed by atoms with E-state index in [0.717, 1.165) is 38.0 Å². The zero-order valence-electron chi connectivity index (χ0n) is 15.2. The van der Waals surface area contributed by atoms with Gasteiger partial charge < -0.3 is 15.4 Å². The maximum Gasteiger partial charge on any atom is 0.224 e. The summed E-state index contributed by atoms with van der Waals surface area (Å²) in [5, 5.41) is 6.26. The predicted molar refractivity (Wildman–Crippen MR) is 108 cm³/mol. The molecule has 3 rings (SSSR count). The molecule has 146 valence electrons. The predicted octanol–water partition coefficient (Wildman–Crippen LogP) is 4.54. The summed E-state index contributed by atoms with van der Waals surface area (Å²) in [4.78, 5) is 12.1. The van der Waals surface area contributed by atoms with E-state index in [2.05, 4.69) is 10.6 Å². The second kappa shape index (κ2) is 10.9. The Kier molecular flexibility index (Phi) is 8.55. The molecule has 0 atom stereocenters. The number of amides is 1. The van der Waals surface area contributed by atoms with Gasteiger partial charge in [0.15, 0.2) is 0 Å². The van der Waals surface area contributed by atoms with Gasteiger partial charge in [0.2, 0.25) is 5.91 Å². The summed E-state index contributed by atoms with van der Waals surface area (Å²) in [6.07, 6.45) is 3.80. The summed E-state index contributed by atoms with van der Waals surface area (Å²) in [5.74, 6) is 1.06. The molecule has 1 amide bonds. The number of ether oxygens (including phenoxy) is 1. The summed E-state index contributed by atoms with van der Waals surface area (Å²) in [6.45, 7) is 2.29. The minimum Gasteiger partial charge on any atom is -0.489 e. The Morgan fingerprint density at radius 3 is 2.52 bits per heavy atom. The number of halogens is 2. The molecule has 27 heavy (non-hydrogen) atoms. The van der Waals surface area contributed by atoms with Gasteiger partial charge in [-0.15, -0.1) is 12.4 Å². The van der Waals surface area contributed by atoms with Crippen molar-refractivity contribution in [3.63, 3.8) is 0 Å². The first kappa shape index (κ1) is 21.2. The Hall–Kier alpha value is -2.11. The molecule has 6 heteroatoms. The Morgan fingerprint density at radius 1 is 1.11 bits per heavy atom. The lowest BCUT2D eigenvalue weighted by Crippen LogP contribution is -2.28. The molecule has 0 bridgehead atoms. The molecule has 2 aromatic rings. The molecule has 1 heterocycles. The number of nitrogens with one attached hydrogen (secondary N) is 2. The van der Waals surface area contributed by atoms with Gasteiger partial charge in [-0.25, -0.2) is 4.39 Å². The van der Waals surface area contributed by atoms with Crippen LogP contribution in [-0.2, 0) is 11.4 Å². The minimum absolute atomic E-state index is 0. The van der Waals surface area contributed by atoms with E-state index in [1.807, 2.05) is 0 Å². The fraction of sp³-hybridized carbons (Fsp3) is 0.381. The van der Waals surface area contributed by atoms with Crippen molar-refractivity contribution < 1.29 is 13.9 Å². The number of piperidine rings is 1. The largest absolute Gasteiger partial charge is 0.489 e. The number of hydrogen-bond donors (Lipinski definition) is 2. The van der Waals surface area contributed by atoms with Gasteiger partial charge in [0.1, 0.15) is 18.2 Å². The maximum atomic E-state index is 13.6. The third-order valence-electron chi connectivity index (χ3n) is 4.73. The molecule has 1 fully saturated rings. The highest BCUT2D eigenvalue weighted by atomic mass is 35.5. The second-order valence-corrected chi connectivity index (χ2v) is 6.68. The monoisotopic (exact) mass is 392 g/mol. The lowest BCUT2D eigenvalue weighted by atomic mass is 9.93. The molecule has 0 aromatic heterocycles.